The Labute approximate surface area is 187 Å². The van der Waals surface area contributed by atoms with E-state index in [0.29, 0.717) is 40.9 Å². The summed E-state index contributed by atoms with van der Waals surface area (Å²) >= 11 is 0. The van der Waals surface area contributed by atoms with Gasteiger partial charge < -0.3 is 9.64 Å². The molecule has 0 aliphatic carbocycles. The average Bonchev–Trinajstić information content (AvgIpc) is 2.72. The summed E-state index contributed by atoms with van der Waals surface area (Å²) in [5, 5.41) is 0.544. The van der Waals surface area contributed by atoms with Gasteiger partial charge in [-0.05, 0) is 70.5 Å². The van der Waals surface area contributed by atoms with E-state index in [0.717, 1.165) is 0 Å². The number of ether oxygens (including phenoxy) is 1. The summed E-state index contributed by atoms with van der Waals surface area (Å²) in [6.45, 7) is 7.70. The molecule has 0 aliphatic rings. The number of nitrogens with zero attached hydrogens (tertiary/aromatic N) is 3. The van der Waals surface area contributed by atoms with Crippen LogP contribution in [0.1, 0.15) is 49.8 Å². The molecule has 168 valence electrons. The summed E-state index contributed by atoms with van der Waals surface area (Å²) in [4.78, 5) is 43.6. The smallest absolute Gasteiger partial charge is 0.306 e. The molecule has 0 N–H and O–H groups in total. The highest BCUT2D eigenvalue weighted by molar-refractivity contribution is 5.94. The van der Waals surface area contributed by atoms with Crippen molar-refractivity contribution in [2.24, 2.45) is 0 Å². The molecular weight excluding hydrogens is 406 g/mol. The molecule has 32 heavy (non-hydrogen) atoms. The Morgan fingerprint density at radius 1 is 1.06 bits per heavy atom. The third-order valence-corrected chi connectivity index (χ3v) is 4.96. The predicted octanol–water partition coefficient (Wildman–Crippen LogP) is 3.89. The largest absolute Gasteiger partial charge is 0.460 e. The number of carbonyl (C=O) groups excluding carboxylic acids is 2. The van der Waals surface area contributed by atoms with Crippen molar-refractivity contribution in [3.63, 3.8) is 0 Å². The lowest BCUT2D eigenvalue weighted by Gasteiger charge is -2.20. The molecule has 0 bridgehead atoms. The van der Waals surface area contributed by atoms with Crippen molar-refractivity contribution in [2.45, 2.75) is 46.1 Å². The summed E-state index contributed by atoms with van der Waals surface area (Å²) in [7, 11) is 1.70. The van der Waals surface area contributed by atoms with E-state index in [2.05, 4.69) is 4.98 Å². The fourth-order valence-electron chi connectivity index (χ4n) is 3.48. The van der Waals surface area contributed by atoms with Gasteiger partial charge >= 0.3 is 5.97 Å². The average molecular weight is 436 g/mol. The van der Waals surface area contributed by atoms with Crippen LogP contribution in [0.15, 0.2) is 53.3 Å². The van der Waals surface area contributed by atoms with Crippen molar-refractivity contribution in [3.05, 3.63) is 70.3 Å². The molecule has 0 radical (unpaired) electrons. The van der Waals surface area contributed by atoms with E-state index in [-0.39, 0.29) is 23.9 Å². The molecule has 1 amide bonds. The number of rotatable bonds is 6. The molecule has 0 atom stereocenters. The van der Waals surface area contributed by atoms with Crippen LogP contribution in [0, 0.1) is 6.92 Å². The van der Waals surface area contributed by atoms with Crippen molar-refractivity contribution >= 4 is 22.8 Å². The molecule has 1 heterocycles. The van der Waals surface area contributed by atoms with Crippen molar-refractivity contribution in [1.29, 1.82) is 0 Å². The molecule has 7 nitrogen and oxygen atoms in total. The standard InChI is InChI=1S/C25H29N3O4/c1-17-26-21-10-7-6-9-20(21)24(31)28(17)19-14-12-18(13-15-19)23(30)27(5)16-8-11-22(29)32-25(2,3)4/h6-7,9-10,12-15H,8,11,16H2,1-5H3. The van der Waals surface area contributed by atoms with Crippen LogP contribution in [0.2, 0.25) is 0 Å². The minimum absolute atomic E-state index is 0.147. The first kappa shape index (κ1) is 23.2. The van der Waals surface area contributed by atoms with Gasteiger partial charge in [-0.3, -0.25) is 19.0 Å². The second-order valence-corrected chi connectivity index (χ2v) is 8.78. The van der Waals surface area contributed by atoms with Crippen LogP contribution in [0.25, 0.3) is 16.6 Å². The summed E-state index contributed by atoms with van der Waals surface area (Å²) in [6, 6.07) is 14.1. The van der Waals surface area contributed by atoms with Crippen LogP contribution in [0.3, 0.4) is 0 Å². The summed E-state index contributed by atoms with van der Waals surface area (Å²) in [6.07, 6.45) is 0.775. The lowest BCUT2D eigenvalue weighted by molar-refractivity contribution is -0.154. The first-order valence-electron chi connectivity index (χ1n) is 10.6. The zero-order valence-corrected chi connectivity index (χ0v) is 19.2. The number of esters is 1. The van der Waals surface area contributed by atoms with Gasteiger partial charge in [0.1, 0.15) is 11.4 Å². The van der Waals surface area contributed by atoms with Crippen molar-refractivity contribution in [3.8, 4) is 5.69 Å². The third kappa shape index (κ3) is 5.41. The van der Waals surface area contributed by atoms with Gasteiger partial charge in [-0.2, -0.15) is 0 Å². The molecule has 7 heteroatoms. The van der Waals surface area contributed by atoms with Gasteiger partial charge in [0.15, 0.2) is 0 Å². The second-order valence-electron chi connectivity index (χ2n) is 8.78. The number of fused-ring (bicyclic) bond motifs is 1. The van der Waals surface area contributed by atoms with Gasteiger partial charge in [0.25, 0.3) is 11.5 Å². The molecule has 2 aromatic carbocycles. The fourth-order valence-corrected chi connectivity index (χ4v) is 3.48. The Hall–Kier alpha value is -3.48. The highest BCUT2D eigenvalue weighted by Crippen LogP contribution is 2.15. The van der Waals surface area contributed by atoms with Crippen LogP contribution in [0.5, 0.6) is 0 Å². The maximum Gasteiger partial charge on any atom is 0.306 e. The van der Waals surface area contributed by atoms with E-state index in [1.165, 1.54) is 0 Å². The van der Waals surface area contributed by atoms with E-state index >= 15 is 0 Å². The first-order valence-corrected chi connectivity index (χ1v) is 10.6. The Morgan fingerprint density at radius 2 is 1.72 bits per heavy atom. The highest BCUT2D eigenvalue weighted by Gasteiger charge is 2.17. The number of carbonyl (C=O) groups is 2. The quantitative estimate of drug-likeness (QED) is 0.549. The maximum atomic E-state index is 12.9. The molecule has 1 aromatic heterocycles. The van der Waals surface area contributed by atoms with Gasteiger partial charge in [-0.25, -0.2) is 4.98 Å². The van der Waals surface area contributed by atoms with E-state index in [9.17, 15) is 14.4 Å². The summed E-state index contributed by atoms with van der Waals surface area (Å²) in [5.74, 6) is 0.154. The summed E-state index contributed by atoms with van der Waals surface area (Å²) in [5.41, 5.74) is 1.15. The highest BCUT2D eigenvalue weighted by atomic mass is 16.6. The molecular formula is C25H29N3O4. The molecule has 3 rings (SSSR count). The van der Waals surface area contributed by atoms with Crippen molar-refractivity contribution in [2.75, 3.05) is 13.6 Å². The maximum absolute atomic E-state index is 12.9. The minimum atomic E-state index is -0.512. The molecule has 0 fully saturated rings. The zero-order valence-electron chi connectivity index (χ0n) is 19.2. The number of aromatic nitrogens is 2. The predicted molar refractivity (Wildman–Crippen MR) is 124 cm³/mol. The normalized spacial score (nSPS) is 11.4. The topological polar surface area (TPSA) is 81.5 Å². The van der Waals surface area contributed by atoms with E-state index in [1.54, 1.807) is 53.8 Å². The number of benzene rings is 2. The minimum Gasteiger partial charge on any atom is -0.460 e. The van der Waals surface area contributed by atoms with E-state index in [4.69, 9.17) is 4.74 Å². The number of aryl methyl sites for hydroxylation is 1. The lowest BCUT2D eigenvalue weighted by atomic mass is 10.1. The van der Waals surface area contributed by atoms with Gasteiger partial charge in [0.05, 0.1) is 16.6 Å². The van der Waals surface area contributed by atoms with Crippen LogP contribution < -0.4 is 5.56 Å². The Kier molecular flexibility index (Phi) is 6.77. The fraction of sp³-hybridized carbons (Fsp3) is 0.360. The SMILES string of the molecule is Cc1nc2ccccc2c(=O)n1-c1ccc(C(=O)N(C)CCCC(=O)OC(C)(C)C)cc1. The van der Waals surface area contributed by atoms with E-state index < -0.39 is 5.60 Å². The molecule has 0 aliphatic heterocycles. The lowest BCUT2D eigenvalue weighted by Crippen LogP contribution is -2.29. The third-order valence-electron chi connectivity index (χ3n) is 4.96. The van der Waals surface area contributed by atoms with Gasteiger partial charge in [-0.15, -0.1) is 0 Å². The van der Waals surface area contributed by atoms with Crippen molar-refractivity contribution < 1.29 is 14.3 Å². The monoisotopic (exact) mass is 435 g/mol. The molecule has 0 unspecified atom stereocenters. The van der Waals surface area contributed by atoms with Gasteiger partial charge in [-0.1, -0.05) is 12.1 Å². The first-order chi connectivity index (χ1) is 15.1. The molecule has 0 saturated heterocycles. The number of amides is 1. The Morgan fingerprint density at radius 3 is 2.38 bits per heavy atom. The second kappa shape index (κ2) is 9.34. The van der Waals surface area contributed by atoms with Crippen LogP contribution in [-0.2, 0) is 9.53 Å². The zero-order chi connectivity index (χ0) is 23.5. The molecule has 3 aromatic rings. The van der Waals surface area contributed by atoms with Crippen LogP contribution >= 0.6 is 0 Å². The molecule has 0 spiro atoms. The van der Waals surface area contributed by atoms with E-state index in [1.807, 2.05) is 39.0 Å². The number of para-hydroxylation sites is 1. The van der Waals surface area contributed by atoms with Crippen LogP contribution in [-0.4, -0.2) is 45.5 Å². The number of hydrogen-bond donors (Lipinski definition) is 0. The van der Waals surface area contributed by atoms with Gasteiger partial charge in [0.2, 0.25) is 0 Å². The number of hydrogen-bond acceptors (Lipinski definition) is 5. The Balaban J connectivity index is 1.69. The van der Waals surface area contributed by atoms with Crippen LogP contribution in [0.4, 0.5) is 0 Å². The van der Waals surface area contributed by atoms with Crippen molar-refractivity contribution in [1.82, 2.24) is 14.5 Å². The Bertz CT molecular complexity index is 1190. The summed E-state index contributed by atoms with van der Waals surface area (Å²) < 4.78 is 6.83. The van der Waals surface area contributed by atoms with Gasteiger partial charge in [0, 0.05) is 25.6 Å². The molecule has 0 saturated carbocycles.